The maximum absolute atomic E-state index is 13.0. The minimum absolute atomic E-state index is 0.0608. The Kier molecular flexibility index (Phi) is 6.45. The summed E-state index contributed by atoms with van der Waals surface area (Å²) in [6.07, 6.45) is -0.206. The van der Waals surface area contributed by atoms with Crippen molar-refractivity contribution in [1.29, 1.82) is 0 Å². The first-order chi connectivity index (χ1) is 14.1. The van der Waals surface area contributed by atoms with Gasteiger partial charge in [-0.1, -0.05) is 11.6 Å². The lowest BCUT2D eigenvalue weighted by Crippen LogP contribution is -2.53. The van der Waals surface area contributed by atoms with Gasteiger partial charge in [0.15, 0.2) is 0 Å². The monoisotopic (exact) mass is 437 g/mol. The average Bonchev–Trinajstić information content (AvgIpc) is 3.08. The van der Waals surface area contributed by atoms with E-state index in [9.17, 15) is 14.4 Å². The van der Waals surface area contributed by atoms with Gasteiger partial charge in [-0.15, -0.1) is 0 Å². The van der Waals surface area contributed by atoms with E-state index in [0.29, 0.717) is 49.2 Å². The zero-order chi connectivity index (χ0) is 22.1. The van der Waals surface area contributed by atoms with Crippen molar-refractivity contribution in [3.63, 3.8) is 0 Å². The molecule has 0 aliphatic carbocycles. The Morgan fingerprint density at radius 3 is 2.30 bits per heavy atom. The first kappa shape index (κ1) is 22.2. The van der Waals surface area contributed by atoms with Gasteiger partial charge in [0.25, 0.3) is 0 Å². The summed E-state index contributed by atoms with van der Waals surface area (Å²) in [5.74, 6) is -0.0507. The molecule has 2 saturated heterocycles. The molecule has 30 heavy (non-hydrogen) atoms. The van der Waals surface area contributed by atoms with Crippen molar-refractivity contribution < 1.29 is 23.9 Å². The van der Waals surface area contributed by atoms with E-state index >= 15 is 0 Å². The van der Waals surface area contributed by atoms with Gasteiger partial charge in [0, 0.05) is 44.8 Å². The second-order valence-electron chi connectivity index (χ2n) is 8.52. The van der Waals surface area contributed by atoms with Crippen LogP contribution in [0.5, 0.6) is 5.75 Å². The molecule has 0 spiro atoms. The molecule has 3 rings (SSSR count). The van der Waals surface area contributed by atoms with E-state index in [2.05, 4.69) is 0 Å². The van der Waals surface area contributed by atoms with Crippen LogP contribution in [0.4, 0.5) is 10.5 Å². The van der Waals surface area contributed by atoms with Crippen molar-refractivity contribution >= 4 is 35.2 Å². The zero-order valence-electron chi connectivity index (χ0n) is 17.8. The van der Waals surface area contributed by atoms with Crippen LogP contribution in [0.25, 0.3) is 0 Å². The molecule has 164 valence electrons. The van der Waals surface area contributed by atoms with Crippen LogP contribution in [-0.4, -0.2) is 73.1 Å². The summed E-state index contributed by atoms with van der Waals surface area (Å²) >= 11 is 6.18. The molecular weight excluding hydrogens is 410 g/mol. The van der Waals surface area contributed by atoms with Crippen molar-refractivity contribution in [3.05, 3.63) is 23.2 Å². The number of hydrogen-bond donors (Lipinski definition) is 0. The summed E-state index contributed by atoms with van der Waals surface area (Å²) in [6.45, 7) is 7.47. The van der Waals surface area contributed by atoms with Gasteiger partial charge in [-0.3, -0.25) is 9.59 Å². The third kappa shape index (κ3) is 4.98. The quantitative estimate of drug-likeness (QED) is 0.726. The summed E-state index contributed by atoms with van der Waals surface area (Å²) in [5.41, 5.74) is 0.0954. The van der Waals surface area contributed by atoms with Crippen LogP contribution in [0.2, 0.25) is 5.02 Å². The van der Waals surface area contributed by atoms with Crippen molar-refractivity contribution in [1.82, 2.24) is 9.80 Å². The van der Waals surface area contributed by atoms with Crippen molar-refractivity contribution in [3.8, 4) is 5.75 Å². The molecule has 2 fully saturated rings. The van der Waals surface area contributed by atoms with E-state index in [1.165, 1.54) is 7.11 Å². The molecule has 2 heterocycles. The normalized spacial score (nSPS) is 19.8. The molecule has 2 aliphatic rings. The molecule has 1 aromatic rings. The first-order valence-corrected chi connectivity index (χ1v) is 10.4. The van der Waals surface area contributed by atoms with Gasteiger partial charge >= 0.3 is 6.09 Å². The standard InChI is InChI=1S/C21H28ClN3O5/c1-21(2,3)30-20(28)24-9-7-23(8-10-24)19(27)14-11-18(26)25(13-14)15-5-6-17(29-4)16(22)12-15/h5-6,12,14H,7-11,13H2,1-4H3. The predicted molar refractivity (Wildman–Crippen MR) is 113 cm³/mol. The zero-order valence-corrected chi connectivity index (χ0v) is 18.6. The number of anilines is 1. The molecule has 8 nitrogen and oxygen atoms in total. The Morgan fingerprint density at radius 1 is 1.10 bits per heavy atom. The molecule has 1 atom stereocenters. The van der Waals surface area contributed by atoms with E-state index in [0.717, 1.165) is 0 Å². The average molecular weight is 438 g/mol. The second-order valence-corrected chi connectivity index (χ2v) is 8.92. The number of rotatable bonds is 3. The van der Waals surface area contributed by atoms with Gasteiger partial charge in [0.1, 0.15) is 11.4 Å². The largest absolute Gasteiger partial charge is 0.495 e. The second kappa shape index (κ2) is 8.71. The highest BCUT2D eigenvalue weighted by Gasteiger charge is 2.38. The van der Waals surface area contributed by atoms with Gasteiger partial charge in [-0.25, -0.2) is 4.79 Å². The Bertz CT molecular complexity index is 830. The summed E-state index contributed by atoms with van der Waals surface area (Å²) in [6, 6.07) is 5.13. The number of hydrogen-bond acceptors (Lipinski definition) is 5. The van der Waals surface area contributed by atoms with Crippen molar-refractivity contribution in [2.24, 2.45) is 5.92 Å². The summed E-state index contributed by atoms with van der Waals surface area (Å²) in [7, 11) is 1.53. The number of halogens is 1. The van der Waals surface area contributed by atoms with Gasteiger partial charge in [-0.05, 0) is 39.0 Å². The molecule has 3 amide bonds. The number of ether oxygens (including phenoxy) is 2. The van der Waals surface area contributed by atoms with Crippen LogP contribution >= 0.6 is 11.6 Å². The molecule has 0 N–H and O–H groups in total. The molecule has 9 heteroatoms. The SMILES string of the molecule is COc1ccc(N2CC(C(=O)N3CCN(C(=O)OC(C)(C)C)CC3)CC2=O)cc1Cl. The van der Waals surface area contributed by atoms with Crippen LogP contribution in [0, 0.1) is 5.92 Å². The molecule has 2 aliphatic heterocycles. The Balaban J connectivity index is 1.58. The van der Waals surface area contributed by atoms with E-state index in [4.69, 9.17) is 21.1 Å². The molecule has 0 radical (unpaired) electrons. The number of amides is 3. The highest BCUT2D eigenvalue weighted by atomic mass is 35.5. The lowest BCUT2D eigenvalue weighted by Gasteiger charge is -2.36. The van der Waals surface area contributed by atoms with Gasteiger partial charge in [0.05, 0.1) is 18.1 Å². The van der Waals surface area contributed by atoms with Crippen molar-refractivity contribution in [2.45, 2.75) is 32.8 Å². The summed E-state index contributed by atoms with van der Waals surface area (Å²) < 4.78 is 10.5. The summed E-state index contributed by atoms with van der Waals surface area (Å²) in [5, 5.41) is 0.413. The predicted octanol–water partition coefficient (Wildman–Crippen LogP) is 2.78. The molecular formula is C21H28ClN3O5. The highest BCUT2D eigenvalue weighted by Crippen LogP contribution is 2.32. The number of piperazine rings is 1. The number of carbonyl (C=O) groups excluding carboxylic acids is 3. The van der Waals surface area contributed by atoms with Gasteiger partial charge in [-0.2, -0.15) is 0 Å². The molecule has 0 saturated carbocycles. The van der Waals surface area contributed by atoms with Crippen LogP contribution < -0.4 is 9.64 Å². The Labute approximate surface area is 181 Å². The summed E-state index contributed by atoms with van der Waals surface area (Å²) in [4.78, 5) is 42.6. The molecule has 1 unspecified atom stereocenters. The Hall–Kier alpha value is -2.48. The molecule has 1 aromatic carbocycles. The molecule has 0 bridgehead atoms. The smallest absolute Gasteiger partial charge is 0.410 e. The van der Waals surface area contributed by atoms with E-state index in [1.54, 1.807) is 32.9 Å². The maximum atomic E-state index is 13.0. The third-order valence-corrected chi connectivity index (χ3v) is 5.46. The molecule has 0 aromatic heterocycles. The Morgan fingerprint density at radius 2 is 1.73 bits per heavy atom. The topological polar surface area (TPSA) is 79.4 Å². The highest BCUT2D eigenvalue weighted by molar-refractivity contribution is 6.32. The third-order valence-electron chi connectivity index (χ3n) is 5.16. The van der Waals surface area contributed by atoms with Crippen LogP contribution in [0.3, 0.4) is 0 Å². The lowest BCUT2D eigenvalue weighted by atomic mass is 10.1. The first-order valence-electron chi connectivity index (χ1n) is 9.99. The fourth-order valence-electron chi connectivity index (χ4n) is 3.64. The van der Waals surface area contributed by atoms with E-state index < -0.39 is 11.5 Å². The maximum Gasteiger partial charge on any atom is 0.410 e. The minimum atomic E-state index is -0.554. The van der Waals surface area contributed by atoms with Gasteiger partial charge in [0.2, 0.25) is 11.8 Å². The van der Waals surface area contributed by atoms with E-state index in [1.807, 2.05) is 20.8 Å². The number of benzene rings is 1. The van der Waals surface area contributed by atoms with Crippen LogP contribution in [-0.2, 0) is 14.3 Å². The van der Waals surface area contributed by atoms with Gasteiger partial charge < -0.3 is 24.2 Å². The number of carbonyl (C=O) groups is 3. The lowest BCUT2D eigenvalue weighted by molar-refractivity contribution is -0.137. The van der Waals surface area contributed by atoms with Crippen molar-refractivity contribution in [2.75, 3.05) is 44.7 Å². The minimum Gasteiger partial charge on any atom is -0.495 e. The fourth-order valence-corrected chi connectivity index (χ4v) is 3.89. The fraction of sp³-hybridized carbons (Fsp3) is 0.571. The number of nitrogens with zero attached hydrogens (tertiary/aromatic N) is 3. The van der Waals surface area contributed by atoms with E-state index in [-0.39, 0.29) is 24.3 Å². The van der Waals surface area contributed by atoms with Crippen LogP contribution in [0.15, 0.2) is 18.2 Å². The number of methoxy groups -OCH3 is 1. The van der Waals surface area contributed by atoms with Crippen LogP contribution in [0.1, 0.15) is 27.2 Å².